The summed E-state index contributed by atoms with van der Waals surface area (Å²) >= 11 is 5.86. The number of rotatable bonds is 3. The highest BCUT2D eigenvalue weighted by Crippen LogP contribution is 2.34. The van der Waals surface area contributed by atoms with Crippen molar-refractivity contribution in [3.8, 4) is 0 Å². The van der Waals surface area contributed by atoms with Crippen LogP contribution in [0.15, 0.2) is 18.2 Å². The fourth-order valence-electron chi connectivity index (χ4n) is 2.32. The van der Waals surface area contributed by atoms with E-state index in [9.17, 15) is 22.8 Å². The third kappa shape index (κ3) is 3.76. The number of aryl methyl sites for hydroxylation is 2. The summed E-state index contributed by atoms with van der Waals surface area (Å²) in [6.45, 7) is 1.16. The van der Waals surface area contributed by atoms with Gasteiger partial charge in [-0.3, -0.25) is 9.48 Å². The van der Waals surface area contributed by atoms with Gasteiger partial charge in [0.1, 0.15) is 11.3 Å². The quantitative estimate of drug-likeness (QED) is 0.834. The molecule has 0 aliphatic heterocycles. The molecule has 0 saturated heterocycles. The van der Waals surface area contributed by atoms with Crippen molar-refractivity contribution in [2.45, 2.75) is 13.1 Å². The third-order valence-corrected chi connectivity index (χ3v) is 3.68. The second-order valence-electron chi connectivity index (χ2n) is 5.07. The second kappa shape index (κ2) is 6.75. The predicted molar refractivity (Wildman–Crippen MR) is 83.7 cm³/mol. The van der Waals surface area contributed by atoms with Crippen LogP contribution in [0.25, 0.3) is 0 Å². The first-order valence-electron chi connectivity index (χ1n) is 6.86. The molecule has 0 fully saturated rings. The van der Waals surface area contributed by atoms with Crippen LogP contribution in [0.2, 0.25) is 5.02 Å². The average Bonchev–Trinajstić information content (AvgIpc) is 2.82. The van der Waals surface area contributed by atoms with E-state index in [-0.39, 0.29) is 22.0 Å². The van der Waals surface area contributed by atoms with Crippen LogP contribution < -0.4 is 5.32 Å². The molecule has 0 aliphatic rings. The number of benzene rings is 1. The van der Waals surface area contributed by atoms with Gasteiger partial charge in [-0.15, -0.1) is 0 Å². The lowest BCUT2D eigenvalue weighted by atomic mass is 10.1. The summed E-state index contributed by atoms with van der Waals surface area (Å²) in [5, 5.41) is 6.04. The van der Waals surface area contributed by atoms with Gasteiger partial charge in [0.05, 0.1) is 23.4 Å². The summed E-state index contributed by atoms with van der Waals surface area (Å²) in [6.07, 6.45) is -4.73. The highest BCUT2D eigenvalue weighted by Gasteiger charge is 2.40. The Morgan fingerprint density at radius 1 is 1.32 bits per heavy atom. The van der Waals surface area contributed by atoms with Crippen LogP contribution in [0, 0.1) is 6.92 Å². The van der Waals surface area contributed by atoms with Crippen LogP contribution in [0.5, 0.6) is 0 Å². The number of alkyl halides is 3. The van der Waals surface area contributed by atoms with Crippen molar-refractivity contribution in [2.24, 2.45) is 7.05 Å². The zero-order valence-electron chi connectivity index (χ0n) is 13.4. The molecule has 1 aromatic carbocycles. The van der Waals surface area contributed by atoms with Crippen molar-refractivity contribution in [1.82, 2.24) is 9.78 Å². The number of ether oxygens (including phenoxy) is 1. The van der Waals surface area contributed by atoms with Gasteiger partial charge < -0.3 is 10.1 Å². The zero-order chi connectivity index (χ0) is 18.9. The minimum atomic E-state index is -4.73. The first kappa shape index (κ1) is 18.8. The number of carbonyl (C=O) groups is 2. The number of hydrogen-bond acceptors (Lipinski definition) is 4. The maximum atomic E-state index is 13.2. The summed E-state index contributed by atoms with van der Waals surface area (Å²) in [5.41, 5.74) is -2.01. The summed E-state index contributed by atoms with van der Waals surface area (Å²) in [4.78, 5) is 23.9. The van der Waals surface area contributed by atoms with E-state index in [4.69, 9.17) is 11.6 Å². The molecule has 1 N–H and O–H groups in total. The molecule has 10 heteroatoms. The van der Waals surface area contributed by atoms with Crippen molar-refractivity contribution in [1.29, 1.82) is 0 Å². The highest BCUT2D eigenvalue weighted by molar-refractivity contribution is 6.33. The smallest absolute Gasteiger partial charge is 0.420 e. The van der Waals surface area contributed by atoms with Gasteiger partial charge in [-0.25, -0.2) is 4.79 Å². The molecule has 2 rings (SSSR count). The zero-order valence-corrected chi connectivity index (χ0v) is 14.1. The van der Waals surface area contributed by atoms with E-state index >= 15 is 0 Å². The summed E-state index contributed by atoms with van der Waals surface area (Å²) in [5.74, 6) is -1.76. The van der Waals surface area contributed by atoms with Crippen molar-refractivity contribution in [3.63, 3.8) is 0 Å². The molecule has 1 aromatic heterocycles. The number of nitrogens with one attached hydrogen (secondary N) is 1. The Morgan fingerprint density at radius 3 is 2.52 bits per heavy atom. The Kier molecular flexibility index (Phi) is 5.07. The van der Waals surface area contributed by atoms with Crippen molar-refractivity contribution < 1.29 is 27.5 Å². The van der Waals surface area contributed by atoms with E-state index in [0.29, 0.717) is 0 Å². The molecule has 134 valence electrons. The predicted octanol–water partition coefficient (Wildman–Crippen LogP) is 3.44. The SMILES string of the molecule is COC(=O)c1cc(NC(=O)c2c(C(F)(F)F)c(C)nn2C)ccc1Cl. The fraction of sp³-hybridized carbons (Fsp3) is 0.267. The molecule has 2 aromatic rings. The highest BCUT2D eigenvalue weighted by atomic mass is 35.5. The molecule has 0 bridgehead atoms. The van der Waals surface area contributed by atoms with Crippen LogP contribution in [0.1, 0.15) is 32.1 Å². The lowest BCUT2D eigenvalue weighted by molar-refractivity contribution is -0.138. The summed E-state index contributed by atoms with van der Waals surface area (Å²) in [7, 11) is 2.39. The third-order valence-electron chi connectivity index (χ3n) is 3.35. The summed E-state index contributed by atoms with van der Waals surface area (Å²) < 4.78 is 44.9. The Labute approximate surface area is 145 Å². The first-order chi connectivity index (χ1) is 11.6. The van der Waals surface area contributed by atoms with E-state index in [1.807, 2.05) is 0 Å². The molecule has 0 unspecified atom stereocenters. The topological polar surface area (TPSA) is 73.2 Å². The Hall–Kier alpha value is -2.55. The number of carbonyl (C=O) groups excluding carboxylic acids is 2. The van der Waals surface area contributed by atoms with E-state index in [0.717, 1.165) is 18.7 Å². The van der Waals surface area contributed by atoms with Crippen molar-refractivity contribution in [3.05, 3.63) is 45.7 Å². The largest absolute Gasteiger partial charge is 0.465 e. The van der Waals surface area contributed by atoms with Gasteiger partial charge in [-0.1, -0.05) is 11.6 Å². The lowest BCUT2D eigenvalue weighted by Gasteiger charge is -2.11. The molecule has 0 spiro atoms. The molecular weight excluding hydrogens is 363 g/mol. The van der Waals surface area contributed by atoms with E-state index < -0.39 is 29.3 Å². The number of amides is 1. The molecule has 0 aliphatic carbocycles. The molecule has 0 radical (unpaired) electrons. The van der Waals surface area contributed by atoms with Crippen molar-refractivity contribution in [2.75, 3.05) is 12.4 Å². The van der Waals surface area contributed by atoms with Crippen LogP contribution in [-0.2, 0) is 18.0 Å². The molecule has 0 saturated carbocycles. The monoisotopic (exact) mass is 375 g/mol. The van der Waals surface area contributed by atoms with Gasteiger partial charge in [0.2, 0.25) is 0 Å². The Balaban J connectivity index is 2.41. The van der Waals surface area contributed by atoms with E-state index in [1.165, 1.54) is 25.2 Å². The Morgan fingerprint density at radius 2 is 1.96 bits per heavy atom. The van der Waals surface area contributed by atoms with Crippen LogP contribution >= 0.6 is 11.6 Å². The van der Waals surface area contributed by atoms with Gasteiger partial charge in [-0.2, -0.15) is 18.3 Å². The maximum Gasteiger partial charge on any atom is 0.420 e. The standard InChI is InChI=1S/C15H13ClF3N3O3/c1-7-11(15(17,18)19)12(22(2)21-7)13(23)20-8-4-5-10(16)9(6-8)14(24)25-3/h4-6H,1-3H3,(H,20,23). The lowest BCUT2D eigenvalue weighted by Crippen LogP contribution is -2.21. The molecule has 1 amide bonds. The number of nitrogens with zero attached hydrogens (tertiary/aromatic N) is 2. The van der Waals surface area contributed by atoms with Gasteiger partial charge >= 0.3 is 12.1 Å². The molecular formula is C15H13ClF3N3O3. The first-order valence-corrected chi connectivity index (χ1v) is 7.24. The number of anilines is 1. The number of aromatic nitrogens is 2. The Bertz CT molecular complexity index is 847. The number of methoxy groups -OCH3 is 1. The molecule has 0 atom stereocenters. The average molecular weight is 376 g/mol. The van der Waals surface area contributed by atoms with Crippen LogP contribution in [-0.4, -0.2) is 28.8 Å². The second-order valence-corrected chi connectivity index (χ2v) is 5.48. The fourth-order valence-corrected chi connectivity index (χ4v) is 2.51. The van der Waals surface area contributed by atoms with Crippen LogP contribution in [0.3, 0.4) is 0 Å². The maximum absolute atomic E-state index is 13.2. The van der Waals surface area contributed by atoms with Gasteiger partial charge in [0.25, 0.3) is 5.91 Å². The number of hydrogen-bond donors (Lipinski definition) is 1. The molecule has 6 nitrogen and oxygen atoms in total. The summed E-state index contributed by atoms with van der Waals surface area (Å²) in [6, 6.07) is 3.88. The number of halogens is 4. The van der Waals surface area contributed by atoms with Gasteiger partial charge in [0, 0.05) is 12.7 Å². The molecule has 1 heterocycles. The van der Waals surface area contributed by atoms with Crippen molar-refractivity contribution >= 4 is 29.2 Å². The van der Waals surface area contributed by atoms with Gasteiger partial charge in [-0.05, 0) is 25.1 Å². The van der Waals surface area contributed by atoms with Gasteiger partial charge in [0.15, 0.2) is 0 Å². The number of esters is 1. The van der Waals surface area contributed by atoms with E-state index in [1.54, 1.807) is 0 Å². The van der Waals surface area contributed by atoms with Crippen LogP contribution in [0.4, 0.5) is 18.9 Å². The normalized spacial score (nSPS) is 11.3. The minimum Gasteiger partial charge on any atom is -0.465 e. The van der Waals surface area contributed by atoms with E-state index in [2.05, 4.69) is 15.2 Å². The molecule has 25 heavy (non-hydrogen) atoms. The minimum absolute atomic E-state index is 0.0285.